The number of para-hydroxylation sites is 1. The molecule has 1 fully saturated rings. The summed E-state index contributed by atoms with van der Waals surface area (Å²) in [7, 11) is 0. The van der Waals surface area contributed by atoms with Crippen LogP contribution in [0.15, 0.2) is 66.9 Å². The van der Waals surface area contributed by atoms with Crippen LogP contribution >= 0.6 is 0 Å². The summed E-state index contributed by atoms with van der Waals surface area (Å²) in [6, 6.07) is 20.0. The molecule has 1 atom stereocenters. The number of carbonyl (C=O) groups excluding carboxylic acids is 1. The van der Waals surface area contributed by atoms with E-state index in [4.69, 9.17) is 4.74 Å². The normalized spacial score (nSPS) is 17.6. The topological polar surface area (TPSA) is 42.4 Å². The van der Waals surface area contributed by atoms with E-state index in [1.165, 1.54) is 0 Å². The molecule has 0 bridgehead atoms. The maximum Gasteiger partial charge on any atom is 0.227 e. The Kier molecular flexibility index (Phi) is 4.44. The molecule has 0 radical (unpaired) electrons. The lowest BCUT2D eigenvalue weighted by molar-refractivity contribution is -0.138. The van der Waals surface area contributed by atoms with Crippen molar-refractivity contribution in [2.75, 3.05) is 19.7 Å². The molecule has 3 aromatic rings. The Labute approximate surface area is 147 Å². The molecule has 4 nitrogen and oxygen atoms in total. The first-order valence-corrected chi connectivity index (χ1v) is 8.58. The molecule has 1 aliphatic rings. The number of hydrogen-bond donors (Lipinski definition) is 0. The average molecular weight is 332 g/mol. The van der Waals surface area contributed by atoms with E-state index >= 15 is 0 Å². The van der Waals surface area contributed by atoms with Gasteiger partial charge in [-0.1, -0.05) is 54.6 Å². The van der Waals surface area contributed by atoms with E-state index in [9.17, 15) is 4.79 Å². The van der Waals surface area contributed by atoms with E-state index in [0.717, 1.165) is 22.0 Å². The zero-order valence-corrected chi connectivity index (χ0v) is 14.0. The van der Waals surface area contributed by atoms with Crippen LogP contribution in [-0.2, 0) is 16.0 Å². The standard InChI is InChI=1S/C21H20N2O2/c24-20(14-18-9-4-8-17-10-5-11-22-21(17)18)23-12-13-25-19(15-23)16-6-2-1-3-7-16/h1-11,19H,12-15H2. The highest BCUT2D eigenvalue weighted by molar-refractivity contribution is 5.87. The molecule has 1 aliphatic heterocycles. The molecular weight excluding hydrogens is 312 g/mol. The van der Waals surface area contributed by atoms with Crippen LogP contribution in [0.1, 0.15) is 17.2 Å². The van der Waals surface area contributed by atoms with E-state index in [2.05, 4.69) is 4.98 Å². The molecule has 1 amide bonds. The molecule has 4 rings (SSSR count). The molecule has 1 saturated heterocycles. The zero-order valence-electron chi connectivity index (χ0n) is 14.0. The summed E-state index contributed by atoms with van der Waals surface area (Å²) in [6.07, 6.45) is 2.09. The second-order valence-electron chi connectivity index (χ2n) is 6.28. The van der Waals surface area contributed by atoms with Crippen molar-refractivity contribution in [1.29, 1.82) is 0 Å². The fourth-order valence-electron chi connectivity index (χ4n) is 3.33. The highest BCUT2D eigenvalue weighted by atomic mass is 16.5. The van der Waals surface area contributed by atoms with Crippen molar-refractivity contribution < 1.29 is 9.53 Å². The SMILES string of the molecule is O=C(Cc1cccc2cccnc12)N1CCOC(c2ccccc2)C1. The van der Waals surface area contributed by atoms with Crippen LogP contribution in [0.3, 0.4) is 0 Å². The number of pyridine rings is 1. The van der Waals surface area contributed by atoms with Crippen molar-refractivity contribution in [3.8, 4) is 0 Å². The lowest BCUT2D eigenvalue weighted by Gasteiger charge is -2.33. The van der Waals surface area contributed by atoms with Crippen molar-refractivity contribution in [1.82, 2.24) is 9.88 Å². The van der Waals surface area contributed by atoms with E-state index in [1.54, 1.807) is 6.20 Å². The quantitative estimate of drug-likeness (QED) is 0.738. The van der Waals surface area contributed by atoms with Gasteiger partial charge in [0.25, 0.3) is 0 Å². The van der Waals surface area contributed by atoms with Crippen LogP contribution in [-0.4, -0.2) is 35.5 Å². The van der Waals surface area contributed by atoms with Crippen LogP contribution in [0.2, 0.25) is 0 Å². The lowest BCUT2D eigenvalue weighted by Crippen LogP contribution is -2.43. The van der Waals surface area contributed by atoms with Crippen LogP contribution in [0.5, 0.6) is 0 Å². The molecule has 0 aliphatic carbocycles. The van der Waals surface area contributed by atoms with Crippen LogP contribution in [0.4, 0.5) is 0 Å². The van der Waals surface area contributed by atoms with Gasteiger partial charge in [0.2, 0.25) is 5.91 Å². The summed E-state index contributed by atoms with van der Waals surface area (Å²) in [4.78, 5) is 19.2. The Morgan fingerprint density at radius 2 is 1.92 bits per heavy atom. The molecule has 25 heavy (non-hydrogen) atoms. The first kappa shape index (κ1) is 15.8. The van der Waals surface area contributed by atoms with Gasteiger partial charge in [0.15, 0.2) is 0 Å². The van der Waals surface area contributed by atoms with E-state index in [0.29, 0.717) is 26.1 Å². The van der Waals surface area contributed by atoms with Gasteiger partial charge in [-0.05, 0) is 17.2 Å². The zero-order chi connectivity index (χ0) is 17.1. The molecule has 0 N–H and O–H groups in total. The van der Waals surface area contributed by atoms with E-state index < -0.39 is 0 Å². The molecule has 126 valence electrons. The number of benzene rings is 2. The molecule has 1 unspecified atom stereocenters. The van der Waals surface area contributed by atoms with E-state index in [1.807, 2.05) is 65.6 Å². The second-order valence-corrected chi connectivity index (χ2v) is 6.28. The third-order valence-corrected chi connectivity index (χ3v) is 4.65. The first-order valence-electron chi connectivity index (χ1n) is 8.58. The number of rotatable bonds is 3. The molecule has 4 heteroatoms. The van der Waals surface area contributed by atoms with Gasteiger partial charge in [0.05, 0.1) is 25.1 Å². The van der Waals surface area contributed by atoms with Gasteiger partial charge in [-0.15, -0.1) is 0 Å². The average Bonchev–Trinajstić information content (AvgIpc) is 2.69. The number of aromatic nitrogens is 1. The van der Waals surface area contributed by atoms with Crippen LogP contribution in [0, 0.1) is 0 Å². The van der Waals surface area contributed by atoms with Gasteiger partial charge < -0.3 is 9.64 Å². The number of fused-ring (bicyclic) bond motifs is 1. The summed E-state index contributed by atoms with van der Waals surface area (Å²) in [6.45, 7) is 1.81. The van der Waals surface area contributed by atoms with Gasteiger partial charge in [-0.2, -0.15) is 0 Å². The monoisotopic (exact) mass is 332 g/mol. The molecule has 0 saturated carbocycles. The summed E-state index contributed by atoms with van der Waals surface area (Å²) in [5, 5.41) is 1.07. The van der Waals surface area contributed by atoms with Gasteiger partial charge in [-0.25, -0.2) is 0 Å². The number of carbonyl (C=O) groups is 1. The second kappa shape index (κ2) is 7.03. The molecular formula is C21H20N2O2. The number of hydrogen-bond acceptors (Lipinski definition) is 3. The molecule has 2 aromatic carbocycles. The van der Waals surface area contributed by atoms with Gasteiger partial charge in [0, 0.05) is 18.1 Å². The van der Waals surface area contributed by atoms with Crippen molar-refractivity contribution >= 4 is 16.8 Å². The van der Waals surface area contributed by atoms with Gasteiger partial charge in [-0.3, -0.25) is 9.78 Å². The maximum absolute atomic E-state index is 12.8. The highest BCUT2D eigenvalue weighted by Gasteiger charge is 2.25. The first-order chi connectivity index (χ1) is 12.3. The minimum atomic E-state index is -0.0513. The van der Waals surface area contributed by atoms with E-state index in [-0.39, 0.29) is 12.0 Å². The Hall–Kier alpha value is -2.72. The lowest BCUT2D eigenvalue weighted by atomic mass is 10.0. The number of amides is 1. The Morgan fingerprint density at radius 3 is 2.80 bits per heavy atom. The van der Waals surface area contributed by atoms with Crippen LogP contribution < -0.4 is 0 Å². The fourth-order valence-corrected chi connectivity index (χ4v) is 3.33. The predicted octanol–water partition coefficient (Wildman–Crippen LogP) is 3.38. The Morgan fingerprint density at radius 1 is 1.08 bits per heavy atom. The summed E-state index contributed by atoms with van der Waals surface area (Å²) < 4.78 is 5.86. The van der Waals surface area contributed by atoms with Gasteiger partial charge >= 0.3 is 0 Å². The van der Waals surface area contributed by atoms with Crippen molar-refractivity contribution in [3.63, 3.8) is 0 Å². The third kappa shape index (κ3) is 3.39. The third-order valence-electron chi connectivity index (χ3n) is 4.65. The summed E-state index contributed by atoms with van der Waals surface area (Å²) >= 11 is 0. The van der Waals surface area contributed by atoms with Crippen molar-refractivity contribution in [2.24, 2.45) is 0 Å². The smallest absolute Gasteiger partial charge is 0.227 e. The largest absolute Gasteiger partial charge is 0.370 e. The molecule has 0 spiro atoms. The Bertz CT molecular complexity index is 874. The molecule has 2 heterocycles. The number of morpholine rings is 1. The summed E-state index contributed by atoms with van der Waals surface area (Å²) in [5.41, 5.74) is 3.00. The number of ether oxygens (including phenoxy) is 1. The summed E-state index contributed by atoms with van der Waals surface area (Å²) in [5.74, 6) is 0.127. The van der Waals surface area contributed by atoms with Crippen molar-refractivity contribution in [2.45, 2.75) is 12.5 Å². The fraction of sp³-hybridized carbons (Fsp3) is 0.238. The predicted molar refractivity (Wildman–Crippen MR) is 97.2 cm³/mol. The molecule has 1 aromatic heterocycles. The minimum Gasteiger partial charge on any atom is -0.370 e. The minimum absolute atomic E-state index is 0.0513. The highest BCUT2D eigenvalue weighted by Crippen LogP contribution is 2.23. The Balaban J connectivity index is 1.51. The number of nitrogens with zero attached hydrogens (tertiary/aromatic N) is 2. The van der Waals surface area contributed by atoms with Crippen molar-refractivity contribution in [3.05, 3.63) is 78.0 Å². The van der Waals surface area contributed by atoms with Gasteiger partial charge in [0.1, 0.15) is 6.10 Å². The maximum atomic E-state index is 12.8. The van der Waals surface area contributed by atoms with Crippen LogP contribution in [0.25, 0.3) is 10.9 Å².